The molecular formula is C14H20FNOS. The molecule has 0 aliphatic carbocycles. The van der Waals surface area contributed by atoms with Crippen LogP contribution in [-0.4, -0.2) is 25.0 Å². The van der Waals surface area contributed by atoms with Crippen molar-refractivity contribution in [3.63, 3.8) is 0 Å². The quantitative estimate of drug-likeness (QED) is 0.801. The van der Waals surface area contributed by atoms with Crippen molar-refractivity contribution in [3.05, 3.63) is 29.6 Å². The first-order chi connectivity index (χ1) is 8.81. The van der Waals surface area contributed by atoms with Crippen molar-refractivity contribution in [1.82, 2.24) is 5.32 Å². The topological polar surface area (TPSA) is 21.3 Å². The van der Waals surface area contributed by atoms with E-state index >= 15 is 0 Å². The minimum Gasteiger partial charge on any atom is -0.377 e. The molecule has 0 bridgehead atoms. The van der Waals surface area contributed by atoms with Gasteiger partial charge in [-0.05, 0) is 31.5 Å². The van der Waals surface area contributed by atoms with Crippen molar-refractivity contribution in [2.24, 2.45) is 0 Å². The molecular weight excluding hydrogens is 249 g/mol. The Hall–Kier alpha value is -0.580. The van der Waals surface area contributed by atoms with E-state index in [1.807, 2.05) is 13.0 Å². The van der Waals surface area contributed by atoms with Crippen LogP contribution in [0.2, 0.25) is 0 Å². The monoisotopic (exact) mass is 269 g/mol. The number of ether oxygens (including phenoxy) is 1. The molecule has 1 N–H and O–H groups in total. The molecule has 100 valence electrons. The number of hydrogen-bond donors (Lipinski definition) is 1. The lowest BCUT2D eigenvalue weighted by molar-refractivity contribution is 0.129. The zero-order valence-corrected chi connectivity index (χ0v) is 11.6. The van der Waals surface area contributed by atoms with Gasteiger partial charge in [0.05, 0.1) is 6.10 Å². The van der Waals surface area contributed by atoms with Crippen molar-refractivity contribution in [1.29, 1.82) is 0 Å². The summed E-state index contributed by atoms with van der Waals surface area (Å²) in [7, 11) is 0. The highest BCUT2D eigenvalue weighted by atomic mass is 32.2. The second-order valence-corrected chi connectivity index (χ2v) is 5.50. The molecule has 0 radical (unpaired) electrons. The molecule has 1 unspecified atom stereocenters. The molecule has 2 nitrogen and oxygen atoms in total. The molecule has 0 saturated carbocycles. The molecule has 1 fully saturated rings. The summed E-state index contributed by atoms with van der Waals surface area (Å²) in [4.78, 5) is 1.03. The van der Waals surface area contributed by atoms with Gasteiger partial charge in [-0.25, -0.2) is 4.39 Å². The number of hydrogen-bond acceptors (Lipinski definition) is 3. The van der Waals surface area contributed by atoms with Crippen molar-refractivity contribution in [2.75, 3.05) is 18.9 Å². The highest BCUT2D eigenvalue weighted by molar-refractivity contribution is 7.99. The van der Waals surface area contributed by atoms with Gasteiger partial charge in [0.25, 0.3) is 0 Å². The first kappa shape index (κ1) is 13.8. The van der Waals surface area contributed by atoms with Gasteiger partial charge in [-0.2, -0.15) is 0 Å². The van der Waals surface area contributed by atoms with E-state index in [2.05, 4.69) is 5.32 Å². The summed E-state index contributed by atoms with van der Waals surface area (Å²) in [5, 5.41) is 3.19. The Morgan fingerprint density at radius 1 is 1.50 bits per heavy atom. The fourth-order valence-corrected chi connectivity index (χ4v) is 3.20. The first-order valence-corrected chi connectivity index (χ1v) is 7.52. The first-order valence-electron chi connectivity index (χ1n) is 6.53. The summed E-state index contributed by atoms with van der Waals surface area (Å²) in [5.41, 5.74) is 0.780. The lowest BCUT2D eigenvalue weighted by Gasteiger charge is -2.13. The van der Waals surface area contributed by atoms with Crippen LogP contribution in [0.1, 0.15) is 25.3 Å². The van der Waals surface area contributed by atoms with E-state index < -0.39 is 0 Å². The Labute approximate surface area is 112 Å². The van der Waals surface area contributed by atoms with Crippen LogP contribution in [0.4, 0.5) is 4.39 Å². The summed E-state index contributed by atoms with van der Waals surface area (Å²) in [5.74, 6) is 0.802. The van der Waals surface area contributed by atoms with Gasteiger partial charge >= 0.3 is 0 Å². The predicted octanol–water partition coefficient (Wildman–Crippen LogP) is 3.21. The van der Waals surface area contributed by atoms with Crippen LogP contribution in [0.25, 0.3) is 0 Å². The number of rotatable bonds is 6. The van der Waals surface area contributed by atoms with Gasteiger partial charge in [0, 0.05) is 29.4 Å². The highest BCUT2D eigenvalue weighted by Crippen LogP contribution is 2.28. The lowest BCUT2D eigenvalue weighted by Crippen LogP contribution is -2.14. The third-order valence-corrected chi connectivity index (χ3v) is 4.31. The van der Waals surface area contributed by atoms with Crippen LogP contribution < -0.4 is 5.32 Å². The van der Waals surface area contributed by atoms with Crippen molar-refractivity contribution < 1.29 is 9.13 Å². The largest absolute Gasteiger partial charge is 0.377 e. The molecule has 1 aliphatic rings. The Morgan fingerprint density at radius 2 is 2.39 bits per heavy atom. The molecule has 1 aromatic rings. The lowest BCUT2D eigenvalue weighted by atomic mass is 10.2. The maximum atomic E-state index is 13.8. The minimum absolute atomic E-state index is 0.117. The molecule has 0 aromatic heterocycles. The van der Waals surface area contributed by atoms with Gasteiger partial charge in [0.1, 0.15) is 5.82 Å². The van der Waals surface area contributed by atoms with Gasteiger partial charge in [-0.1, -0.05) is 13.0 Å². The molecule has 0 amide bonds. The highest BCUT2D eigenvalue weighted by Gasteiger charge is 2.17. The summed E-state index contributed by atoms with van der Waals surface area (Å²) in [6.07, 6.45) is 2.62. The summed E-state index contributed by atoms with van der Waals surface area (Å²) in [6.45, 7) is 4.35. The van der Waals surface area contributed by atoms with Crippen LogP contribution in [0.5, 0.6) is 0 Å². The molecule has 1 atom stereocenters. The fraction of sp³-hybridized carbons (Fsp3) is 0.571. The Morgan fingerprint density at radius 3 is 3.11 bits per heavy atom. The zero-order valence-electron chi connectivity index (χ0n) is 10.7. The minimum atomic E-state index is -0.117. The maximum Gasteiger partial charge on any atom is 0.128 e. The molecule has 0 spiro atoms. The van der Waals surface area contributed by atoms with Gasteiger partial charge in [0.2, 0.25) is 0 Å². The van der Waals surface area contributed by atoms with Gasteiger partial charge in [0.15, 0.2) is 0 Å². The average molecular weight is 269 g/mol. The molecule has 1 saturated heterocycles. The molecule has 18 heavy (non-hydrogen) atoms. The molecule has 4 heteroatoms. The normalized spacial score (nSPS) is 19.3. The van der Waals surface area contributed by atoms with Crippen molar-refractivity contribution in [3.8, 4) is 0 Å². The third-order valence-electron chi connectivity index (χ3n) is 3.08. The van der Waals surface area contributed by atoms with Gasteiger partial charge in [-0.15, -0.1) is 11.8 Å². The van der Waals surface area contributed by atoms with Crippen molar-refractivity contribution >= 4 is 11.8 Å². The van der Waals surface area contributed by atoms with Crippen LogP contribution >= 0.6 is 11.8 Å². The SMILES string of the molecule is CCNCc1c(F)cccc1SCC1CCCO1. The van der Waals surface area contributed by atoms with E-state index in [0.717, 1.165) is 42.2 Å². The number of thioether (sulfide) groups is 1. The number of halogens is 1. The smallest absolute Gasteiger partial charge is 0.128 e. The van der Waals surface area contributed by atoms with E-state index in [0.29, 0.717) is 12.6 Å². The van der Waals surface area contributed by atoms with Crippen LogP contribution in [0.15, 0.2) is 23.1 Å². The van der Waals surface area contributed by atoms with Crippen LogP contribution in [0.3, 0.4) is 0 Å². The van der Waals surface area contributed by atoms with E-state index in [1.54, 1.807) is 17.8 Å². The Bertz CT molecular complexity index is 380. The standard InChI is InChI=1S/C14H20FNOS/c1-2-16-9-12-13(15)6-3-7-14(12)18-10-11-5-4-8-17-11/h3,6-7,11,16H,2,4-5,8-10H2,1H3. The van der Waals surface area contributed by atoms with Gasteiger partial charge in [-0.3, -0.25) is 0 Å². The number of nitrogens with one attached hydrogen (secondary N) is 1. The van der Waals surface area contributed by atoms with E-state index in [9.17, 15) is 4.39 Å². The second-order valence-electron chi connectivity index (χ2n) is 4.44. The van der Waals surface area contributed by atoms with Crippen molar-refractivity contribution in [2.45, 2.75) is 37.3 Å². The molecule has 1 heterocycles. The Balaban J connectivity index is 1.98. The van der Waals surface area contributed by atoms with Crippen LogP contribution in [0, 0.1) is 5.82 Å². The Kier molecular flexibility index (Phi) is 5.47. The van der Waals surface area contributed by atoms with Crippen LogP contribution in [-0.2, 0) is 11.3 Å². The van der Waals surface area contributed by atoms with E-state index in [4.69, 9.17) is 4.74 Å². The van der Waals surface area contributed by atoms with E-state index in [-0.39, 0.29) is 5.82 Å². The zero-order chi connectivity index (χ0) is 12.8. The summed E-state index contributed by atoms with van der Waals surface area (Å²) in [6, 6.07) is 5.31. The molecule has 2 rings (SSSR count). The average Bonchev–Trinajstić information content (AvgIpc) is 2.88. The summed E-state index contributed by atoms with van der Waals surface area (Å²) < 4.78 is 19.4. The third kappa shape index (κ3) is 3.70. The van der Waals surface area contributed by atoms with Gasteiger partial charge < -0.3 is 10.1 Å². The number of benzene rings is 1. The maximum absolute atomic E-state index is 13.8. The predicted molar refractivity (Wildman–Crippen MR) is 73.5 cm³/mol. The summed E-state index contributed by atoms with van der Waals surface area (Å²) >= 11 is 1.70. The second kappa shape index (κ2) is 7.12. The molecule has 1 aliphatic heterocycles. The molecule has 1 aromatic carbocycles. The van der Waals surface area contributed by atoms with E-state index in [1.165, 1.54) is 6.07 Å². The fourth-order valence-electron chi connectivity index (χ4n) is 2.05.